The minimum atomic E-state index is 0.750. The van der Waals surface area contributed by atoms with Gasteiger partial charge in [-0.1, -0.05) is 13.2 Å². The van der Waals surface area contributed by atoms with Gasteiger partial charge in [0.05, 0.1) is 6.21 Å². The lowest BCUT2D eigenvalue weighted by molar-refractivity contribution is 0.700. The molecule has 3 heteroatoms. The van der Waals surface area contributed by atoms with Crippen molar-refractivity contribution in [3.05, 3.63) is 25.6 Å². The van der Waals surface area contributed by atoms with E-state index in [-0.39, 0.29) is 0 Å². The Morgan fingerprint density at radius 3 is 2.45 bits per heavy atom. The van der Waals surface area contributed by atoms with Gasteiger partial charge < -0.3 is 4.90 Å². The van der Waals surface area contributed by atoms with Crippen LogP contribution in [-0.4, -0.2) is 31.0 Å². The molecule has 0 aliphatic rings. The molecule has 11 heavy (non-hydrogen) atoms. The van der Waals surface area contributed by atoms with Crippen molar-refractivity contribution >= 4 is 12.1 Å². The van der Waals surface area contributed by atoms with Crippen LogP contribution in [0.25, 0.3) is 0 Å². The molecule has 0 unspecified atom stereocenters. The molecular formula is C8H13N3. The second kappa shape index (κ2) is 5.41. The minimum Gasteiger partial charge on any atom is -0.336 e. The summed E-state index contributed by atoms with van der Waals surface area (Å²) in [6.07, 6.45) is 4.74. The van der Waals surface area contributed by atoms with Gasteiger partial charge in [-0.15, -0.1) is 0 Å². The topological polar surface area (TPSA) is 28.0 Å². The highest BCUT2D eigenvalue weighted by atomic mass is 15.1. The van der Waals surface area contributed by atoms with Gasteiger partial charge in [0.25, 0.3) is 0 Å². The van der Waals surface area contributed by atoms with E-state index in [9.17, 15) is 0 Å². The molecule has 0 rings (SSSR count). The first-order valence-corrected chi connectivity index (χ1v) is 3.22. The van der Waals surface area contributed by atoms with Crippen LogP contribution in [0, 0.1) is 0 Å². The molecule has 60 valence electrons. The van der Waals surface area contributed by atoms with Crippen LogP contribution in [0.2, 0.25) is 0 Å². The molecule has 0 aliphatic heterocycles. The number of hydrogen-bond donors (Lipinski definition) is 0. The van der Waals surface area contributed by atoms with E-state index < -0.39 is 0 Å². The molecule has 0 spiro atoms. The Hall–Kier alpha value is -1.38. The van der Waals surface area contributed by atoms with Crippen LogP contribution >= 0.6 is 0 Å². The first kappa shape index (κ1) is 9.62. The molecule has 0 amide bonds. The van der Waals surface area contributed by atoms with Gasteiger partial charge >= 0.3 is 0 Å². The highest BCUT2D eigenvalue weighted by Crippen LogP contribution is 1.84. The van der Waals surface area contributed by atoms with Crippen molar-refractivity contribution in [3.63, 3.8) is 0 Å². The standard InChI is InChI=1S/C8H13N3/c1-5-10-7-8(9-3)11(4)6-2/h5-7H,1-2H2,3-4H3. The Balaban J connectivity index is 4.29. The van der Waals surface area contributed by atoms with Crippen LogP contribution in [0.1, 0.15) is 0 Å². The van der Waals surface area contributed by atoms with Crippen LogP contribution in [-0.2, 0) is 0 Å². The van der Waals surface area contributed by atoms with Crippen molar-refractivity contribution in [1.82, 2.24) is 4.90 Å². The second-order valence-corrected chi connectivity index (χ2v) is 1.84. The van der Waals surface area contributed by atoms with Gasteiger partial charge in [0, 0.05) is 20.3 Å². The van der Waals surface area contributed by atoms with Gasteiger partial charge in [0.1, 0.15) is 5.84 Å². The van der Waals surface area contributed by atoms with Crippen LogP contribution in [0.3, 0.4) is 0 Å². The largest absolute Gasteiger partial charge is 0.336 e. The summed E-state index contributed by atoms with van der Waals surface area (Å²) >= 11 is 0. The summed E-state index contributed by atoms with van der Waals surface area (Å²) in [4.78, 5) is 9.57. The number of hydrogen-bond acceptors (Lipinski definition) is 2. The fourth-order valence-corrected chi connectivity index (χ4v) is 0.519. The average molecular weight is 151 g/mol. The number of rotatable bonds is 3. The Morgan fingerprint density at radius 1 is 1.45 bits per heavy atom. The highest BCUT2D eigenvalue weighted by Gasteiger charge is 1.94. The summed E-state index contributed by atoms with van der Waals surface area (Å²) < 4.78 is 0. The third-order valence-electron chi connectivity index (χ3n) is 1.16. The quantitative estimate of drug-likeness (QED) is 0.441. The number of nitrogens with zero attached hydrogens (tertiary/aromatic N) is 3. The van der Waals surface area contributed by atoms with Crippen LogP contribution in [0.15, 0.2) is 35.5 Å². The Morgan fingerprint density at radius 2 is 2.09 bits per heavy atom. The first-order valence-electron chi connectivity index (χ1n) is 3.22. The lowest BCUT2D eigenvalue weighted by Gasteiger charge is -2.10. The van der Waals surface area contributed by atoms with Gasteiger partial charge in [0.15, 0.2) is 0 Å². The molecule has 0 aromatic carbocycles. The predicted molar refractivity (Wildman–Crippen MR) is 50.0 cm³/mol. The maximum absolute atomic E-state index is 3.97. The smallest absolute Gasteiger partial charge is 0.145 e. The van der Waals surface area contributed by atoms with E-state index in [4.69, 9.17) is 0 Å². The lowest BCUT2D eigenvalue weighted by atomic mass is 10.5. The van der Waals surface area contributed by atoms with Crippen molar-refractivity contribution in [1.29, 1.82) is 0 Å². The first-order chi connectivity index (χ1) is 5.26. The molecule has 0 radical (unpaired) electrons. The van der Waals surface area contributed by atoms with Crippen molar-refractivity contribution in [3.8, 4) is 0 Å². The summed E-state index contributed by atoms with van der Waals surface area (Å²) in [5, 5.41) is 0. The van der Waals surface area contributed by atoms with E-state index in [2.05, 4.69) is 23.1 Å². The van der Waals surface area contributed by atoms with E-state index in [1.165, 1.54) is 6.20 Å². The zero-order valence-electron chi connectivity index (χ0n) is 6.99. The Labute approximate surface area is 67.5 Å². The number of aliphatic imine (C=N–C) groups is 2. The molecule has 0 aromatic heterocycles. The SMILES string of the molecule is C=CN=CC(=NC)N(C)C=C. The molecule has 0 N–H and O–H groups in total. The van der Waals surface area contributed by atoms with Gasteiger partial charge in [0.2, 0.25) is 0 Å². The van der Waals surface area contributed by atoms with E-state index in [0.29, 0.717) is 0 Å². The zero-order valence-corrected chi connectivity index (χ0v) is 6.99. The summed E-state index contributed by atoms with van der Waals surface area (Å²) in [7, 11) is 3.55. The number of amidine groups is 1. The lowest BCUT2D eigenvalue weighted by Crippen LogP contribution is -2.21. The van der Waals surface area contributed by atoms with Crippen LogP contribution in [0.4, 0.5) is 0 Å². The molecule has 0 bridgehead atoms. The van der Waals surface area contributed by atoms with Crippen LogP contribution < -0.4 is 0 Å². The van der Waals surface area contributed by atoms with Crippen molar-refractivity contribution in [2.24, 2.45) is 9.98 Å². The maximum Gasteiger partial charge on any atom is 0.145 e. The summed E-state index contributed by atoms with van der Waals surface area (Å²) in [6.45, 7) is 7.05. The predicted octanol–water partition coefficient (Wildman–Crippen LogP) is 1.30. The van der Waals surface area contributed by atoms with Crippen molar-refractivity contribution in [2.45, 2.75) is 0 Å². The van der Waals surface area contributed by atoms with Crippen LogP contribution in [0.5, 0.6) is 0 Å². The monoisotopic (exact) mass is 151 g/mol. The van der Waals surface area contributed by atoms with Crippen molar-refractivity contribution < 1.29 is 0 Å². The van der Waals surface area contributed by atoms with Gasteiger partial charge in [-0.3, -0.25) is 9.98 Å². The molecule has 0 aromatic rings. The van der Waals surface area contributed by atoms with E-state index in [1.807, 2.05) is 7.05 Å². The summed E-state index contributed by atoms with van der Waals surface area (Å²) in [6, 6.07) is 0. The third-order valence-corrected chi connectivity index (χ3v) is 1.16. The molecular weight excluding hydrogens is 138 g/mol. The Kier molecular flexibility index (Phi) is 4.73. The second-order valence-electron chi connectivity index (χ2n) is 1.84. The minimum absolute atomic E-state index is 0.750. The highest BCUT2D eigenvalue weighted by molar-refractivity contribution is 6.29. The van der Waals surface area contributed by atoms with E-state index >= 15 is 0 Å². The Bertz CT molecular complexity index is 192. The van der Waals surface area contributed by atoms with Gasteiger partial charge in [-0.05, 0) is 6.20 Å². The molecule has 0 saturated heterocycles. The van der Waals surface area contributed by atoms with E-state index in [0.717, 1.165) is 5.84 Å². The van der Waals surface area contributed by atoms with Crippen molar-refractivity contribution in [2.75, 3.05) is 14.1 Å². The normalized spacial score (nSPS) is 11.6. The molecule has 0 fully saturated rings. The van der Waals surface area contributed by atoms with E-state index in [1.54, 1.807) is 24.4 Å². The zero-order chi connectivity index (χ0) is 8.69. The third kappa shape index (κ3) is 3.35. The maximum atomic E-state index is 3.97. The fraction of sp³-hybridized carbons (Fsp3) is 0.250. The molecule has 0 saturated carbocycles. The molecule has 3 nitrogen and oxygen atoms in total. The fourth-order valence-electron chi connectivity index (χ4n) is 0.519. The average Bonchev–Trinajstić information content (AvgIpc) is 2.05. The molecule has 0 aliphatic carbocycles. The summed E-state index contributed by atoms with van der Waals surface area (Å²) in [5.74, 6) is 0.750. The molecule has 0 atom stereocenters. The van der Waals surface area contributed by atoms with Gasteiger partial charge in [-0.25, -0.2) is 0 Å². The molecule has 0 heterocycles. The van der Waals surface area contributed by atoms with Gasteiger partial charge in [-0.2, -0.15) is 0 Å². The summed E-state index contributed by atoms with van der Waals surface area (Å²) in [5.41, 5.74) is 0.